The van der Waals surface area contributed by atoms with E-state index >= 15 is 0 Å². The Labute approximate surface area is 270 Å². The summed E-state index contributed by atoms with van der Waals surface area (Å²) in [7, 11) is 0. The molecule has 0 fully saturated rings. The van der Waals surface area contributed by atoms with Gasteiger partial charge in [-0.25, -0.2) is 15.0 Å². The summed E-state index contributed by atoms with van der Waals surface area (Å²) >= 11 is 0. The lowest BCUT2D eigenvalue weighted by molar-refractivity contribution is 0.125. The van der Waals surface area contributed by atoms with Crippen molar-refractivity contribution in [3.63, 3.8) is 0 Å². The van der Waals surface area contributed by atoms with Gasteiger partial charge in [0.25, 0.3) is 0 Å². The number of furan rings is 1. The molecule has 7 aromatic rings. The van der Waals surface area contributed by atoms with Gasteiger partial charge in [0.1, 0.15) is 11.2 Å². The predicted octanol–water partition coefficient (Wildman–Crippen LogP) is 11.0. The summed E-state index contributed by atoms with van der Waals surface area (Å²) in [5, 5.41) is 2.18. The van der Waals surface area contributed by atoms with E-state index in [2.05, 4.69) is 120 Å². The Bertz CT molecular complexity index is 2280. The average Bonchev–Trinajstić information content (AvgIpc) is 3.50. The minimum Gasteiger partial charge on any atom is -0.456 e. The number of rotatable bonds is 4. The quantitative estimate of drug-likeness (QED) is 0.202. The van der Waals surface area contributed by atoms with Crippen molar-refractivity contribution in [3.05, 3.63) is 126 Å². The molecule has 4 nitrogen and oxygen atoms in total. The van der Waals surface area contributed by atoms with Gasteiger partial charge in [0.2, 0.25) is 0 Å². The average molecular weight is 600 g/mol. The van der Waals surface area contributed by atoms with Crippen molar-refractivity contribution in [2.24, 2.45) is 5.41 Å². The number of nitrogens with zero attached hydrogens (tertiary/aromatic N) is 3. The molecule has 1 aliphatic carbocycles. The summed E-state index contributed by atoms with van der Waals surface area (Å²) < 4.78 is 6.26. The maximum absolute atomic E-state index is 6.26. The van der Waals surface area contributed by atoms with Crippen LogP contribution in [0.15, 0.2) is 120 Å². The standard InChI is InChI=1S/C42H37N3O/c1-40(2)33-24-31(26-15-9-7-10-16-26)32(25-34(33)41(3,4)42(40,5)6)39-44-37(27-17-11-8-12-18-27)43-38(45-39)28-21-22-30-29-19-13-14-20-35(29)46-36(30)23-28/h7-25H,1-6H3. The molecular formula is C42H37N3O. The van der Waals surface area contributed by atoms with Crippen LogP contribution in [0.2, 0.25) is 0 Å². The van der Waals surface area contributed by atoms with Crippen LogP contribution in [0.3, 0.4) is 0 Å². The lowest BCUT2D eigenvalue weighted by Gasteiger charge is -2.44. The molecule has 0 N–H and O–H groups in total. The minimum absolute atomic E-state index is 0.0242. The number of hydrogen-bond acceptors (Lipinski definition) is 4. The van der Waals surface area contributed by atoms with E-state index in [-0.39, 0.29) is 16.2 Å². The first-order valence-electron chi connectivity index (χ1n) is 16.0. The summed E-state index contributed by atoms with van der Waals surface area (Å²) in [5.41, 5.74) is 9.46. The van der Waals surface area contributed by atoms with Crippen LogP contribution in [0.4, 0.5) is 0 Å². The van der Waals surface area contributed by atoms with E-state index in [4.69, 9.17) is 19.4 Å². The molecule has 5 aromatic carbocycles. The fraction of sp³-hybridized carbons (Fsp3) is 0.214. The second kappa shape index (κ2) is 9.95. The molecule has 0 bridgehead atoms. The highest BCUT2D eigenvalue weighted by molar-refractivity contribution is 6.05. The lowest BCUT2D eigenvalue weighted by Crippen LogP contribution is -2.42. The largest absolute Gasteiger partial charge is 0.456 e. The molecule has 226 valence electrons. The van der Waals surface area contributed by atoms with Gasteiger partial charge in [-0.05, 0) is 68.8 Å². The van der Waals surface area contributed by atoms with Gasteiger partial charge in [-0.2, -0.15) is 0 Å². The summed E-state index contributed by atoms with van der Waals surface area (Å²) in [6.07, 6.45) is 0. The molecule has 2 heterocycles. The molecule has 0 aliphatic heterocycles. The van der Waals surface area contributed by atoms with E-state index in [0.29, 0.717) is 17.5 Å². The lowest BCUT2D eigenvalue weighted by atomic mass is 9.59. The topological polar surface area (TPSA) is 51.8 Å². The van der Waals surface area contributed by atoms with E-state index in [1.165, 1.54) is 11.1 Å². The van der Waals surface area contributed by atoms with Crippen LogP contribution in [-0.2, 0) is 10.8 Å². The number of para-hydroxylation sites is 1. The molecule has 0 saturated carbocycles. The van der Waals surface area contributed by atoms with Crippen molar-refractivity contribution in [1.29, 1.82) is 0 Å². The van der Waals surface area contributed by atoms with Crippen LogP contribution in [0.1, 0.15) is 52.7 Å². The Kier molecular flexibility index (Phi) is 6.14. The Morgan fingerprint density at radius 1 is 0.435 bits per heavy atom. The van der Waals surface area contributed by atoms with Gasteiger partial charge in [0.05, 0.1) is 0 Å². The normalized spacial score (nSPS) is 16.1. The van der Waals surface area contributed by atoms with Crippen LogP contribution in [0, 0.1) is 5.41 Å². The van der Waals surface area contributed by atoms with E-state index in [0.717, 1.165) is 49.8 Å². The number of fused-ring (bicyclic) bond motifs is 4. The van der Waals surface area contributed by atoms with E-state index in [1.807, 2.05) is 36.4 Å². The Balaban J connectivity index is 1.40. The van der Waals surface area contributed by atoms with Crippen LogP contribution in [0.5, 0.6) is 0 Å². The molecule has 0 saturated heterocycles. The predicted molar refractivity (Wildman–Crippen MR) is 189 cm³/mol. The van der Waals surface area contributed by atoms with E-state index in [9.17, 15) is 0 Å². The van der Waals surface area contributed by atoms with Crippen molar-refractivity contribution < 1.29 is 4.42 Å². The molecule has 0 unspecified atom stereocenters. The third-order valence-electron chi connectivity index (χ3n) is 11.3. The monoisotopic (exact) mass is 599 g/mol. The zero-order chi connectivity index (χ0) is 31.8. The van der Waals surface area contributed by atoms with Crippen LogP contribution in [-0.4, -0.2) is 15.0 Å². The Morgan fingerprint density at radius 2 is 0.957 bits per heavy atom. The van der Waals surface area contributed by atoms with E-state index in [1.54, 1.807) is 0 Å². The fourth-order valence-corrected chi connectivity index (χ4v) is 7.34. The summed E-state index contributed by atoms with van der Waals surface area (Å²) in [6, 6.07) is 40.0. The van der Waals surface area contributed by atoms with Gasteiger partial charge in [-0.3, -0.25) is 0 Å². The smallest absolute Gasteiger partial charge is 0.164 e. The highest BCUT2D eigenvalue weighted by atomic mass is 16.3. The third kappa shape index (κ3) is 4.09. The zero-order valence-corrected chi connectivity index (χ0v) is 27.2. The summed E-state index contributed by atoms with van der Waals surface area (Å²) in [5.74, 6) is 1.92. The fourth-order valence-electron chi connectivity index (χ4n) is 7.34. The number of aromatic nitrogens is 3. The van der Waals surface area contributed by atoms with Crippen molar-refractivity contribution >= 4 is 21.9 Å². The van der Waals surface area contributed by atoms with Gasteiger partial charge < -0.3 is 4.42 Å². The molecule has 0 radical (unpaired) electrons. The molecule has 0 amide bonds. The summed E-state index contributed by atoms with van der Waals surface area (Å²) in [6.45, 7) is 14.3. The highest BCUT2D eigenvalue weighted by Gasteiger charge is 2.57. The van der Waals surface area contributed by atoms with Crippen molar-refractivity contribution in [2.75, 3.05) is 0 Å². The maximum Gasteiger partial charge on any atom is 0.164 e. The SMILES string of the molecule is CC1(C)c2cc(-c3ccccc3)c(-c3nc(-c4ccccc4)nc(-c4ccc5c(c4)oc4ccccc45)n3)cc2C(C)(C)C1(C)C. The van der Waals surface area contributed by atoms with E-state index < -0.39 is 0 Å². The van der Waals surface area contributed by atoms with Gasteiger partial charge in [0, 0.05) is 27.5 Å². The molecule has 1 aliphatic rings. The summed E-state index contributed by atoms with van der Waals surface area (Å²) in [4.78, 5) is 15.5. The Morgan fingerprint density at radius 3 is 1.63 bits per heavy atom. The van der Waals surface area contributed by atoms with Gasteiger partial charge in [-0.15, -0.1) is 0 Å². The van der Waals surface area contributed by atoms with Gasteiger partial charge in [-0.1, -0.05) is 126 Å². The van der Waals surface area contributed by atoms with Gasteiger partial charge >= 0.3 is 0 Å². The van der Waals surface area contributed by atoms with Crippen molar-refractivity contribution in [1.82, 2.24) is 15.0 Å². The number of hydrogen-bond donors (Lipinski definition) is 0. The molecular weight excluding hydrogens is 562 g/mol. The second-order valence-corrected chi connectivity index (χ2v) is 14.2. The second-order valence-electron chi connectivity index (χ2n) is 14.2. The molecule has 0 spiro atoms. The minimum atomic E-state index is -0.0692. The zero-order valence-electron chi connectivity index (χ0n) is 27.2. The van der Waals surface area contributed by atoms with Crippen molar-refractivity contribution in [3.8, 4) is 45.3 Å². The van der Waals surface area contributed by atoms with Crippen LogP contribution >= 0.6 is 0 Å². The molecule has 4 heteroatoms. The maximum atomic E-state index is 6.26. The molecule has 2 aromatic heterocycles. The first-order valence-corrected chi connectivity index (χ1v) is 16.0. The first-order chi connectivity index (χ1) is 22.1. The first kappa shape index (κ1) is 28.4. The van der Waals surface area contributed by atoms with Gasteiger partial charge in [0.15, 0.2) is 17.5 Å². The van der Waals surface area contributed by atoms with Crippen molar-refractivity contribution in [2.45, 2.75) is 52.4 Å². The van der Waals surface area contributed by atoms with Crippen LogP contribution < -0.4 is 0 Å². The molecule has 46 heavy (non-hydrogen) atoms. The Hall–Kier alpha value is -5.09. The third-order valence-corrected chi connectivity index (χ3v) is 11.3. The highest BCUT2D eigenvalue weighted by Crippen LogP contribution is 2.62. The molecule has 8 rings (SSSR count). The molecule has 0 atom stereocenters. The number of benzene rings is 5. The van der Waals surface area contributed by atoms with Crippen LogP contribution in [0.25, 0.3) is 67.2 Å².